The summed E-state index contributed by atoms with van der Waals surface area (Å²) in [7, 11) is 1.55. The standard InChI is InChI=1S/C16H18ClN5O2.ClH/c1-9-6-19-7-14(24-9)10-3-12(22-15(17)4-10)11-5-13(16(23)18-2)21-8-20-11;/h3-5,8-9,14,19H,6-7H2,1-2H3,(H,18,23);1H/t9-,14+;/m0./s1. The Labute approximate surface area is 157 Å². The average molecular weight is 384 g/mol. The van der Waals surface area contributed by atoms with Crippen LogP contribution >= 0.6 is 24.0 Å². The predicted molar refractivity (Wildman–Crippen MR) is 97.1 cm³/mol. The quantitative estimate of drug-likeness (QED) is 0.788. The van der Waals surface area contributed by atoms with Gasteiger partial charge < -0.3 is 15.4 Å². The summed E-state index contributed by atoms with van der Waals surface area (Å²) in [5, 5.41) is 6.21. The Hall–Kier alpha value is -1.80. The van der Waals surface area contributed by atoms with Gasteiger partial charge in [0.2, 0.25) is 0 Å². The minimum absolute atomic E-state index is 0. The van der Waals surface area contributed by atoms with Crippen LogP contribution in [0.4, 0.5) is 0 Å². The molecule has 25 heavy (non-hydrogen) atoms. The number of pyridine rings is 1. The topological polar surface area (TPSA) is 89.0 Å². The Morgan fingerprint density at radius 1 is 1.28 bits per heavy atom. The molecule has 0 saturated carbocycles. The number of morpholine rings is 1. The second-order valence-electron chi connectivity index (χ2n) is 5.57. The molecule has 1 amide bonds. The number of hydrogen-bond donors (Lipinski definition) is 2. The molecule has 3 heterocycles. The summed E-state index contributed by atoms with van der Waals surface area (Å²) in [5.74, 6) is -0.283. The lowest BCUT2D eigenvalue weighted by Gasteiger charge is -2.29. The number of hydrogen-bond acceptors (Lipinski definition) is 6. The maximum Gasteiger partial charge on any atom is 0.269 e. The van der Waals surface area contributed by atoms with Crippen molar-refractivity contribution >= 4 is 29.9 Å². The van der Waals surface area contributed by atoms with Gasteiger partial charge in [0.25, 0.3) is 5.91 Å². The van der Waals surface area contributed by atoms with E-state index in [0.29, 0.717) is 23.1 Å². The third kappa shape index (κ3) is 4.64. The summed E-state index contributed by atoms with van der Waals surface area (Å²) in [6.07, 6.45) is 1.36. The van der Waals surface area contributed by atoms with Gasteiger partial charge >= 0.3 is 0 Å². The second-order valence-corrected chi connectivity index (χ2v) is 5.96. The number of ether oxygens (including phenoxy) is 1. The maximum absolute atomic E-state index is 11.7. The van der Waals surface area contributed by atoms with Crippen molar-refractivity contribution in [3.05, 3.63) is 40.9 Å². The van der Waals surface area contributed by atoms with E-state index in [1.807, 2.05) is 13.0 Å². The zero-order chi connectivity index (χ0) is 17.1. The van der Waals surface area contributed by atoms with Crippen molar-refractivity contribution in [2.24, 2.45) is 0 Å². The Bertz CT molecular complexity index is 759. The van der Waals surface area contributed by atoms with Gasteiger partial charge in [-0.05, 0) is 30.7 Å². The molecule has 1 fully saturated rings. The van der Waals surface area contributed by atoms with Crippen molar-refractivity contribution in [1.29, 1.82) is 0 Å². The van der Waals surface area contributed by atoms with E-state index in [0.717, 1.165) is 12.1 Å². The number of nitrogens with one attached hydrogen (secondary N) is 2. The van der Waals surface area contributed by atoms with Crippen LogP contribution in [0.3, 0.4) is 0 Å². The van der Waals surface area contributed by atoms with Crippen molar-refractivity contribution in [2.75, 3.05) is 20.1 Å². The molecule has 134 valence electrons. The van der Waals surface area contributed by atoms with E-state index in [1.165, 1.54) is 6.33 Å². The van der Waals surface area contributed by atoms with Crippen molar-refractivity contribution in [1.82, 2.24) is 25.6 Å². The number of halogens is 2. The molecule has 1 saturated heterocycles. The van der Waals surface area contributed by atoms with E-state index < -0.39 is 0 Å². The van der Waals surface area contributed by atoms with Crippen LogP contribution < -0.4 is 10.6 Å². The second kappa shape index (κ2) is 8.53. The van der Waals surface area contributed by atoms with E-state index in [4.69, 9.17) is 16.3 Å². The highest BCUT2D eigenvalue weighted by molar-refractivity contribution is 6.29. The SMILES string of the molecule is CNC(=O)c1cc(-c2cc([C@H]3CNC[C@H](C)O3)cc(Cl)n2)ncn1.Cl. The van der Waals surface area contributed by atoms with Gasteiger partial charge in [0, 0.05) is 20.1 Å². The first-order chi connectivity index (χ1) is 11.6. The zero-order valence-electron chi connectivity index (χ0n) is 13.8. The molecule has 0 aliphatic carbocycles. The summed E-state index contributed by atoms with van der Waals surface area (Å²) < 4.78 is 5.95. The minimum Gasteiger partial charge on any atom is -0.368 e. The number of nitrogens with zero attached hydrogens (tertiary/aromatic N) is 3. The van der Waals surface area contributed by atoms with Crippen LogP contribution in [-0.2, 0) is 4.74 Å². The number of aromatic nitrogens is 3. The fraction of sp³-hybridized carbons (Fsp3) is 0.375. The average Bonchev–Trinajstić information content (AvgIpc) is 2.60. The van der Waals surface area contributed by atoms with E-state index in [9.17, 15) is 4.79 Å². The largest absolute Gasteiger partial charge is 0.368 e. The van der Waals surface area contributed by atoms with E-state index >= 15 is 0 Å². The zero-order valence-corrected chi connectivity index (χ0v) is 15.4. The summed E-state index contributed by atoms with van der Waals surface area (Å²) in [6.45, 7) is 3.55. The molecule has 0 bridgehead atoms. The highest BCUT2D eigenvalue weighted by atomic mass is 35.5. The van der Waals surface area contributed by atoms with Crippen LogP contribution in [0.5, 0.6) is 0 Å². The van der Waals surface area contributed by atoms with Gasteiger partial charge in [-0.15, -0.1) is 12.4 Å². The molecule has 3 rings (SSSR count). The number of carbonyl (C=O) groups is 1. The maximum atomic E-state index is 11.7. The van der Waals surface area contributed by atoms with Crippen LogP contribution in [-0.4, -0.2) is 47.1 Å². The summed E-state index contributed by atoms with van der Waals surface area (Å²) in [5.41, 5.74) is 2.30. The smallest absolute Gasteiger partial charge is 0.269 e. The molecule has 9 heteroatoms. The van der Waals surface area contributed by atoms with Crippen molar-refractivity contribution in [3.8, 4) is 11.4 Å². The number of rotatable bonds is 3. The van der Waals surface area contributed by atoms with Crippen molar-refractivity contribution in [2.45, 2.75) is 19.1 Å². The predicted octanol–water partition coefficient (Wildman–Crippen LogP) is 2.02. The highest BCUT2D eigenvalue weighted by Crippen LogP contribution is 2.27. The molecule has 0 spiro atoms. The Balaban J connectivity index is 0.00000225. The van der Waals surface area contributed by atoms with Crippen LogP contribution in [0.15, 0.2) is 24.5 Å². The van der Waals surface area contributed by atoms with Gasteiger partial charge in [-0.1, -0.05) is 11.6 Å². The molecule has 1 aliphatic heterocycles. The molecule has 1 aliphatic rings. The van der Waals surface area contributed by atoms with E-state index in [2.05, 4.69) is 25.6 Å². The number of amides is 1. The minimum atomic E-state index is -0.283. The third-order valence-corrected chi connectivity index (χ3v) is 3.93. The Kier molecular flexibility index (Phi) is 6.66. The fourth-order valence-electron chi connectivity index (χ4n) is 2.57. The molecular weight excluding hydrogens is 365 g/mol. The monoisotopic (exact) mass is 383 g/mol. The van der Waals surface area contributed by atoms with Gasteiger partial charge in [0.05, 0.1) is 23.6 Å². The highest BCUT2D eigenvalue weighted by Gasteiger charge is 2.22. The van der Waals surface area contributed by atoms with Gasteiger partial charge in [-0.2, -0.15) is 0 Å². The summed E-state index contributed by atoms with van der Waals surface area (Å²) in [4.78, 5) is 24.2. The van der Waals surface area contributed by atoms with Crippen molar-refractivity contribution < 1.29 is 9.53 Å². The van der Waals surface area contributed by atoms with Crippen LogP contribution in [0.25, 0.3) is 11.4 Å². The first kappa shape index (κ1) is 19.5. The van der Waals surface area contributed by atoms with Crippen LogP contribution in [0.1, 0.15) is 29.1 Å². The lowest BCUT2D eigenvalue weighted by Crippen LogP contribution is -2.38. The van der Waals surface area contributed by atoms with E-state index in [-0.39, 0.29) is 36.2 Å². The summed E-state index contributed by atoms with van der Waals surface area (Å²) >= 11 is 6.18. The normalized spacial score (nSPS) is 19.8. The first-order valence-corrected chi connectivity index (χ1v) is 8.02. The lowest BCUT2D eigenvalue weighted by molar-refractivity contribution is -0.0287. The third-order valence-electron chi connectivity index (χ3n) is 3.74. The molecule has 0 unspecified atom stereocenters. The molecule has 2 aromatic rings. The molecule has 0 aromatic carbocycles. The van der Waals surface area contributed by atoms with Crippen LogP contribution in [0.2, 0.25) is 5.15 Å². The van der Waals surface area contributed by atoms with Gasteiger partial charge in [0.1, 0.15) is 17.2 Å². The molecule has 7 nitrogen and oxygen atoms in total. The van der Waals surface area contributed by atoms with Gasteiger partial charge in [0.15, 0.2) is 0 Å². The molecule has 2 aromatic heterocycles. The lowest BCUT2D eigenvalue weighted by atomic mass is 10.1. The molecule has 2 N–H and O–H groups in total. The molecule has 0 radical (unpaired) electrons. The van der Waals surface area contributed by atoms with Crippen LogP contribution in [0, 0.1) is 0 Å². The molecule has 2 atom stereocenters. The van der Waals surface area contributed by atoms with Crippen molar-refractivity contribution in [3.63, 3.8) is 0 Å². The van der Waals surface area contributed by atoms with Gasteiger partial charge in [-0.3, -0.25) is 4.79 Å². The Morgan fingerprint density at radius 2 is 2.08 bits per heavy atom. The Morgan fingerprint density at radius 3 is 2.80 bits per heavy atom. The van der Waals surface area contributed by atoms with Gasteiger partial charge in [-0.25, -0.2) is 15.0 Å². The number of carbonyl (C=O) groups excluding carboxylic acids is 1. The first-order valence-electron chi connectivity index (χ1n) is 7.65. The van der Waals surface area contributed by atoms with E-state index in [1.54, 1.807) is 19.2 Å². The summed E-state index contributed by atoms with van der Waals surface area (Å²) in [6, 6.07) is 5.26. The fourth-order valence-corrected chi connectivity index (χ4v) is 2.79. The molecular formula is C16H19Cl2N5O2.